The van der Waals surface area contributed by atoms with Crippen LogP contribution in [0.2, 0.25) is 5.32 Å². The van der Waals surface area contributed by atoms with Gasteiger partial charge in [-0.05, 0) is 0 Å². The van der Waals surface area contributed by atoms with Crippen LogP contribution >= 0.6 is 15.9 Å². The summed E-state index contributed by atoms with van der Waals surface area (Å²) in [7, 11) is -3.61. The van der Waals surface area contributed by atoms with Gasteiger partial charge in [0.25, 0.3) is 0 Å². The molecule has 0 aliphatic heterocycles. The molecule has 0 aliphatic rings. The van der Waals surface area contributed by atoms with Gasteiger partial charge in [-0.25, -0.2) is 0 Å². The van der Waals surface area contributed by atoms with Gasteiger partial charge in [-0.2, -0.15) is 0 Å². The van der Waals surface area contributed by atoms with E-state index < -0.39 is 10.0 Å². The second kappa shape index (κ2) is 6.14. The van der Waals surface area contributed by atoms with E-state index in [1.807, 2.05) is 0 Å². The SMILES string of the molecule is NS(=O)(=O)c1ccc([Se]CC(O)CBr)cc1. The van der Waals surface area contributed by atoms with E-state index >= 15 is 0 Å². The van der Waals surface area contributed by atoms with E-state index in [0.717, 1.165) is 4.46 Å². The first-order valence-corrected chi connectivity index (χ1v) is 9.16. The molecule has 7 heteroatoms. The zero-order valence-electron chi connectivity index (χ0n) is 8.34. The van der Waals surface area contributed by atoms with Crippen molar-refractivity contribution < 1.29 is 13.5 Å². The van der Waals surface area contributed by atoms with Crippen LogP contribution in [-0.4, -0.2) is 39.9 Å². The maximum atomic E-state index is 11.0. The zero-order valence-corrected chi connectivity index (χ0v) is 12.5. The van der Waals surface area contributed by atoms with E-state index in [1.54, 1.807) is 12.1 Å². The second-order valence-corrected chi connectivity index (χ2v) is 7.64. The fourth-order valence-electron chi connectivity index (χ4n) is 0.963. The molecule has 0 bridgehead atoms. The molecule has 0 heterocycles. The van der Waals surface area contributed by atoms with E-state index in [1.165, 1.54) is 12.1 Å². The van der Waals surface area contributed by atoms with Crippen molar-refractivity contribution >= 4 is 45.4 Å². The Labute approximate surface area is 110 Å². The number of halogens is 1. The van der Waals surface area contributed by atoms with Crippen molar-refractivity contribution in [1.82, 2.24) is 0 Å². The van der Waals surface area contributed by atoms with Gasteiger partial charge >= 0.3 is 110 Å². The Morgan fingerprint density at radius 3 is 2.38 bits per heavy atom. The molecule has 4 nitrogen and oxygen atoms in total. The Hall–Kier alpha value is 0.0895. The number of nitrogens with two attached hydrogens (primary N) is 1. The van der Waals surface area contributed by atoms with Gasteiger partial charge in [0, 0.05) is 0 Å². The first-order chi connectivity index (χ1) is 7.43. The van der Waals surface area contributed by atoms with Gasteiger partial charge < -0.3 is 0 Å². The molecule has 0 saturated heterocycles. The summed E-state index contributed by atoms with van der Waals surface area (Å²) in [6.45, 7) is 0. The number of hydrogen-bond donors (Lipinski definition) is 2. The third-order valence-electron chi connectivity index (χ3n) is 1.77. The molecule has 0 amide bonds. The normalized spacial score (nSPS) is 13.7. The number of rotatable bonds is 5. The average molecular weight is 373 g/mol. The fraction of sp³-hybridized carbons (Fsp3) is 0.333. The van der Waals surface area contributed by atoms with Crippen molar-refractivity contribution in [2.75, 3.05) is 5.33 Å². The molecule has 90 valence electrons. The van der Waals surface area contributed by atoms with Crippen LogP contribution in [0.3, 0.4) is 0 Å². The molecule has 16 heavy (non-hydrogen) atoms. The van der Waals surface area contributed by atoms with Gasteiger partial charge in [-0.1, -0.05) is 0 Å². The number of sulfonamides is 1. The molecule has 1 aromatic rings. The van der Waals surface area contributed by atoms with Crippen LogP contribution in [0.4, 0.5) is 0 Å². The summed E-state index contributed by atoms with van der Waals surface area (Å²) >= 11 is 3.33. The van der Waals surface area contributed by atoms with Crippen molar-refractivity contribution in [3.05, 3.63) is 24.3 Å². The van der Waals surface area contributed by atoms with Gasteiger partial charge in [-0.15, -0.1) is 0 Å². The van der Waals surface area contributed by atoms with Crippen LogP contribution in [0.25, 0.3) is 0 Å². The van der Waals surface area contributed by atoms with E-state index in [4.69, 9.17) is 5.14 Å². The van der Waals surface area contributed by atoms with Crippen LogP contribution in [0.15, 0.2) is 29.2 Å². The predicted molar refractivity (Wildman–Crippen MR) is 67.8 cm³/mol. The Kier molecular flexibility index (Phi) is 5.43. The molecule has 0 fully saturated rings. The maximum absolute atomic E-state index is 11.0. The molecule has 1 unspecified atom stereocenters. The van der Waals surface area contributed by atoms with Crippen molar-refractivity contribution in [2.24, 2.45) is 5.14 Å². The first-order valence-electron chi connectivity index (χ1n) is 4.43. The van der Waals surface area contributed by atoms with Gasteiger partial charge in [0.05, 0.1) is 0 Å². The van der Waals surface area contributed by atoms with E-state index in [0.29, 0.717) is 10.6 Å². The van der Waals surface area contributed by atoms with Crippen molar-refractivity contribution in [1.29, 1.82) is 0 Å². The molecular weight excluding hydrogens is 361 g/mol. The van der Waals surface area contributed by atoms with Crippen LogP contribution in [-0.2, 0) is 10.0 Å². The quantitative estimate of drug-likeness (QED) is 0.556. The van der Waals surface area contributed by atoms with Crippen LogP contribution in [0.1, 0.15) is 0 Å². The Morgan fingerprint density at radius 2 is 1.94 bits per heavy atom. The summed E-state index contributed by atoms with van der Waals surface area (Å²) in [5.74, 6) is 0. The van der Waals surface area contributed by atoms with E-state index in [2.05, 4.69) is 15.9 Å². The molecule has 1 atom stereocenters. The number of primary sulfonamides is 1. The van der Waals surface area contributed by atoms with Gasteiger partial charge in [0.15, 0.2) is 0 Å². The van der Waals surface area contributed by atoms with Crippen molar-refractivity contribution in [3.63, 3.8) is 0 Å². The Balaban J connectivity index is 2.66. The second-order valence-electron chi connectivity index (χ2n) is 3.14. The molecule has 0 spiro atoms. The summed E-state index contributed by atoms with van der Waals surface area (Å²) in [5, 5.41) is 15.6. The third kappa shape index (κ3) is 4.53. The van der Waals surface area contributed by atoms with Crippen LogP contribution in [0, 0.1) is 0 Å². The van der Waals surface area contributed by atoms with Gasteiger partial charge in [0.1, 0.15) is 0 Å². The predicted octanol–water partition coefficient (Wildman–Crippen LogP) is -0.162. The van der Waals surface area contributed by atoms with E-state index in [-0.39, 0.29) is 26.0 Å². The number of aliphatic hydroxyl groups excluding tert-OH is 1. The average Bonchev–Trinajstić information content (AvgIpc) is 2.25. The van der Waals surface area contributed by atoms with E-state index in [9.17, 15) is 13.5 Å². The summed E-state index contributed by atoms with van der Waals surface area (Å²) in [4.78, 5) is 0.119. The summed E-state index contributed by atoms with van der Waals surface area (Å²) < 4.78 is 23.0. The molecule has 0 aliphatic carbocycles. The standard InChI is InChI=1S/C9H12BrNO3SSe/c10-5-7(12)6-16-9-3-1-8(2-4-9)15(11,13)14/h1-4,7,12H,5-6H2,(H2,11,13,14). The molecule has 1 aromatic carbocycles. The number of aliphatic hydroxyl groups is 1. The molecular formula is C9H12BrNO3SSe. The molecule has 3 N–H and O–H groups in total. The number of alkyl halides is 1. The molecule has 0 saturated carbocycles. The van der Waals surface area contributed by atoms with Crippen molar-refractivity contribution in [2.45, 2.75) is 16.3 Å². The third-order valence-corrected chi connectivity index (χ3v) is 5.88. The number of hydrogen-bond acceptors (Lipinski definition) is 3. The molecule has 1 rings (SSSR count). The monoisotopic (exact) mass is 373 g/mol. The number of benzene rings is 1. The Morgan fingerprint density at radius 1 is 1.38 bits per heavy atom. The zero-order chi connectivity index (χ0) is 12.2. The topological polar surface area (TPSA) is 80.4 Å². The Bertz CT molecular complexity index is 435. The minimum absolute atomic E-state index is 0.119. The van der Waals surface area contributed by atoms with Crippen molar-refractivity contribution in [3.8, 4) is 0 Å². The summed E-state index contributed by atoms with van der Waals surface area (Å²) in [6, 6.07) is 6.46. The van der Waals surface area contributed by atoms with Crippen LogP contribution in [0.5, 0.6) is 0 Å². The minimum atomic E-state index is -3.61. The van der Waals surface area contributed by atoms with Gasteiger partial charge in [-0.3, -0.25) is 0 Å². The fourth-order valence-corrected chi connectivity index (χ4v) is 4.13. The van der Waals surface area contributed by atoms with Gasteiger partial charge in [0.2, 0.25) is 0 Å². The summed E-state index contributed by atoms with van der Waals surface area (Å²) in [6.07, 6.45) is -0.349. The summed E-state index contributed by atoms with van der Waals surface area (Å²) in [5.41, 5.74) is 0. The van der Waals surface area contributed by atoms with Crippen LogP contribution < -0.4 is 9.60 Å². The molecule has 0 radical (unpaired) electrons. The molecule has 0 aromatic heterocycles. The first kappa shape index (κ1) is 14.2.